The second-order valence-corrected chi connectivity index (χ2v) is 10.5. The van der Waals surface area contributed by atoms with Crippen LogP contribution in [0, 0.1) is 17.8 Å². The second kappa shape index (κ2) is 11.1. The molecule has 2 unspecified atom stereocenters. The van der Waals surface area contributed by atoms with Gasteiger partial charge in [0, 0.05) is 25.1 Å². The van der Waals surface area contributed by atoms with Gasteiger partial charge in [0.1, 0.15) is 0 Å². The molecule has 3 aromatic carbocycles. The van der Waals surface area contributed by atoms with Gasteiger partial charge in [0.2, 0.25) is 0 Å². The summed E-state index contributed by atoms with van der Waals surface area (Å²) in [5.41, 5.74) is 7.38. The van der Waals surface area contributed by atoms with Crippen molar-refractivity contribution < 1.29 is 4.79 Å². The van der Waals surface area contributed by atoms with Crippen molar-refractivity contribution in [2.75, 3.05) is 11.6 Å². The van der Waals surface area contributed by atoms with Crippen LogP contribution in [0.2, 0.25) is 0 Å². The summed E-state index contributed by atoms with van der Waals surface area (Å²) in [6.07, 6.45) is 7.01. The first kappa shape index (κ1) is 24.9. The topological polar surface area (TPSA) is 45.0 Å². The van der Waals surface area contributed by atoms with Crippen molar-refractivity contribution in [3.63, 3.8) is 0 Å². The largest absolute Gasteiger partial charge is 0.294 e. The number of hydrazone groups is 1. The zero-order valence-corrected chi connectivity index (χ0v) is 22.0. The van der Waals surface area contributed by atoms with E-state index in [9.17, 15) is 4.79 Å². The van der Waals surface area contributed by atoms with E-state index < -0.39 is 0 Å². The summed E-state index contributed by atoms with van der Waals surface area (Å²) < 4.78 is 0. The Hall–Kier alpha value is -3.79. The first-order valence-corrected chi connectivity index (χ1v) is 13.4. The Balaban J connectivity index is 1.23. The number of benzene rings is 3. The molecule has 4 heteroatoms. The van der Waals surface area contributed by atoms with Crippen molar-refractivity contribution >= 4 is 35.2 Å². The van der Waals surface area contributed by atoms with E-state index in [2.05, 4.69) is 97.5 Å². The standard InChI is InChI=1S/C33H35N3O/c1-23(2)30-18-9-24(3)31(33(30)37)21-25-10-14-28(15-11-25)34-22-26-12-16-29(17-13-26)36-20-19-32(35-36)27-7-5-4-6-8-27/h4-8,10-17,21-24,30H,9,18-20H2,1-3H3. The molecule has 0 N–H and O–H groups in total. The molecule has 0 aromatic heterocycles. The molecule has 3 aromatic rings. The van der Waals surface area contributed by atoms with Crippen LogP contribution in [0.4, 0.5) is 11.4 Å². The molecule has 0 saturated heterocycles. The number of Topliss-reactive ketones (excluding diaryl/α,β-unsaturated/α-hetero) is 1. The van der Waals surface area contributed by atoms with Crippen LogP contribution in [0.15, 0.2) is 94.5 Å². The van der Waals surface area contributed by atoms with Crippen LogP contribution in [-0.4, -0.2) is 24.3 Å². The van der Waals surface area contributed by atoms with Gasteiger partial charge < -0.3 is 0 Å². The summed E-state index contributed by atoms with van der Waals surface area (Å²) in [5.74, 6) is 1.19. The number of rotatable bonds is 6. The van der Waals surface area contributed by atoms with Crippen LogP contribution in [0.3, 0.4) is 0 Å². The van der Waals surface area contributed by atoms with Gasteiger partial charge in [0.15, 0.2) is 5.78 Å². The molecule has 0 spiro atoms. The van der Waals surface area contributed by atoms with E-state index in [1.54, 1.807) is 0 Å². The molecule has 0 bridgehead atoms. The fourth-order valence-corrected chi connectivity index (χ4v) is 5.22. The van der Waals surface area contributed by atoms with Crippen LogP contribution < -0.4 is 5.01 Å². The van der Waals surface area contributed by atoms with Gasteiger partial charge >= 0.3 is 0 Å². The van der Waals surface area contributed by atoms with Crippen LogP contribution in [0.1, 0.15) is 56.7 Å². The molecule has 37 heavy (non-hydrogen) atoms. The highest BCUT2D eigenvalue weighted by Crippen LogP contribution is 2.35. The first-order chi connectivity index (χ1) is 18.0. The van der Waals surface area contributed by atoms with Crippen LogP contribution in [0.5, 0.6) is 0 Å². The maximum atomic E-state index is 13.0. The Labute approximate surface area is 220 Å². The minimum absolute atomic E-state index is 0.154. The lowest BCUT2D eigenvalue weighted by Gasteiger charge is -2.30. The number of carbonyl (C=O) groups is 1. The molecule has 2 atom stereocenters. The van der Waals surface area contributed by atoms with Crippen molar-refractivity contribution in [2.45, 2.75) is 40.0 Å². The lowest BCUT2D eigenvalue weighted by atomic mass is 9.73. The number of carbonyl (C=O) groups excluding carboxylic acids is 1. The molecule has 188 valence electrons. The number of aliphatic imine (C=N–C) groups is 1. The van der Waals surface area contributed by atoms with Crippen molar-refractivity contribution in [1.29, 1.82) is 0 Å². The molecule has 1 heterocycles. The summed E-state index contributed by atoms with van der Waals surface area (Å²) >= 11 is 0. The average molecular weight is 490 g/mol. The Kier molecular flexibility index (Phi) is 7.45. The summed E-state index contributed by atoms with van der Waals surface area (Å²) in [7, 11) is 0. The number of hydrogen-bond donors (Lipinski definition) is 0. The molecule has 0 amide bonds. The number of hydrogen-bond acceptors (Lipinski definition) is 4. The second-order valence-electron chi connectivity index (χ2n) is 10.5. The van der Waals surface area contributed by atoms with Crippen molar-refractivity contribution in [1.82, 2.24) is 0 Å². The third kappa shape index (κ3) is 5.80. The smallest absolute Gasteiger partial charge is 0.162 e. The number of anilines is 1. The number of allylic oxidation sites excluding steroid dienone is 1. The monoisotopic (exact) mass is 489 g/mol. The lowest BCUT2D eigenvalue weighted by molar-refractivity contribution is -0.122. The zero-order chi connectivity index (χ0) is 25.8. The third-order valence-electron chi connectivity index (χ3n) is 7.55. The quantitative estimate of drug-likeness (QED) is 0.263. The van der Waals surface area contributed by atoms with Crippen LogP contribution in [0.25, 0.3) is 6.08 Å². The third-order valence-corrected chi connectivity index (χ3v) is 7.55. The van der Waals surface area contributed by atoms with Gasteiger partial charge in [-0.1, -0.05) is 75.4 Å². The van der Waals surface area contributed by atoms with Gasteiger partial charge in [-0.2, -0.15) is 5.10 Å². The van der Waals surface area contributed by atoms with Crippen molar-refractivity contribution in [3.8, 4) is 0 Å². The highest BCUT2D eigenvalue weighted by Gasteiger charge is 2.32. The van der Waals surface area contributed by atoms with E-state index in [-0.39, 0.29) is 5.92 Å². The molecule has 2 aliphatic rings. The Bertz CT molecular complexity index is 1320. The maximum Gasteiger partial charge on any atom is 0.162 e. The number of nitrogens with zero attached hydrogens (tertiary/aromatic N) is 3. The fourth-order valence-electron chi connectivity index (χ4n) is 5.22. The van der Waals surface area contributed by atoms with Crippen molar-refractivity contribution in [2.24, 2.45) is 27.8 Å². The van der Waals surface area contributed by atoms with Gasteiger partial charge in [-0.15, -0.1) is 0 Å². The average Bonchev–Trinajstić information content (AvgIpc) is 3.42. The predicted molar refractivity (Wildman–Crippen MR) is 155 cm³/mol. The molecule has 1 fully saturated rings. The number of ketones is 1. The van der Waals surface area contributed by atoms with E-state index in [1.165, 1.54) is 5.56 Å². The molecular weight excluding hydrogens is 454 g/mol. The minimum Gasteiger partial charge on any atom is -0.294 e. The lowest BCUT2D eigenvalue weighted by Crippen LogP contribution is -2.30. The Morgan fingerprint density at radius 2 is 1.62 bits per heavy atom. The SMILES string of the molecule is CC1CCC(C(C)C)C(=O)C1=Cc1ccc(N=Cc2ccc(N3CCC(c4ccccc4)=N3)cc2)cc1. The maximum absolute atomic E-state index is 13.0. The summed E-state index contributed by atoms with van der Waals surface area (Å²) in [5, 5.41) is 6.88. The highest BCUT2D eigenvalue weighted by atomic mass is 16.1. The van der Waals surface area contributed by atoms with E-state index >= 15 is 0 Å². The van der Waals surface area contributed by atoms with E-state index in [4.69, 9.17) is 5.10 Å². The van der Waals surface area contributed by atoms with Gasteiger partial charge in [-0.25, -0.2) is 0 Å². The van der Waals surface area contributed by atoms with E-state index in [0.29, 0.717) is 17.6 Å². The van der Waals surface area contributed by atoms with Gasteiger partial charge in [0.05, 0.1) is 17.1 Å². The summed E-state index contributed by atoms with van der Waals surface area (Å²) in [6, 6.07) is 26.9. The fraction of sp³-hybridized carbons (Fsp3) is 0.303. The summed E-state index contributed by atoms with van der Waals surface area (Å²) in [6.45, 7) is 7.36. The molecule has 0 radical (unpaired) electrons. The van der Waals surface area contributed by atoms with Crippen LogP contribution >= 0.6 is 0 Å². The molecule has 1 saturated carbocycles. The van der Waals surface area contributed by atoms with E-state index in [0.717, 1.165) is 59.6 Å². The molecule has 1 aliphatic heterocycles. The predicted octanol–water partition coefficient (Wildman–Crippen LogP) is 7.71. The Morgan fingerprint density at radius 1 is 0.919 bits per heavy atom. The first-order valence-electron chi connectivity index (χ1n) is 13.4. The van der Waals surface area contributed by atoms with Gasteiger partial charge in [-0.3, -0.25) is 14.8 Å². The zero-order valence-electron chi connectivity index (χ0n) is 22.0. The van der Waals surface area contributed by atoms with Gasteiger partial charge in [0.25, 0.3) is 0 Å². The molecule has 4 nitrogen and oxygen atoms in total. The van der Waals surface area contributed by atoms with Crippen LogP contribution in [-0.2, 0) is 4.79 Å². The Morgan fingerprint density at radius 3 is 2.32 bits per heavy atom. The normalized spacial score (nSPS) is 21.3. The highest BCUT2D eigenvalue weighted by molar-refractivity contribution is 6.03. The van der Waals surface area contributed by atoms with Gasteiger partial charge in [-0.05, 0) is 77.3 Å². The molecule has 1 aliphatic carbocycles. The minimum atomic E-state index is 0.154. The van der Waals surface area contributed by atoms with Crippen molar-refractivity contribution in [3.05, 3.63) is 101 Å². The molecular formula is C33H35N3O. The summed E-state index contributed by atoms with van der Waals surface area (Å²) in [4.78, 5) is 17.6. The molecule has 5 rings (SSSR count). The van der Waals surface area contributed by atoms with E-state index in [1.807, 2.05) is 24.4 Å².